The van der Waals surface area contributed by atoms with E-state index in [4.69, 9.17) is 4.74 Å². The number of piperazine rings is 1. The summed E-state index contributed by atoms with van der Waals surface area (Å²) in [5.41, 5.74) is 0. The Kier molecular flexibility index (Phi) is 6.34. The Morgan fingerprint density at radius 3 is 2.70 bits per heavy atom. The zero-order valence-corrected chi connectivity index (χ0v) is 14.8. The molecule has 2 atom stereocenters. The molecule has 1 fully saturated rings. The molecule has 8 heteroatoms. The van der Waals surface area contributed by atoms with E-state index in [1.807, 2.05) is 13.0 Å². The molecule has 130 valence electrons. The molecule has 0 spiro atoms. The lowest BCUT2D eigenvalue weighted by Crippen LogP contribution is -2.54. The summed E-state index contributed by atoms with van der Waals surface area (Å²) in [6.07, 6.45) is 0. The first-order chi connectivity index (χ1) is 10.9. The summed E-state index contributed by atoms with van der Waals surface area (Å²) in [5.74, 6) is 0.692. The van der Waals surface area contributed by atoms with Gasteiger partial charge in [-0.05, 0) is 32.9 Å². The normalized spacial score (nSPS) is 22.3. The topological polar surface area (TPSA) is 83.6 Å². The van der Waals surface area contributed by atoms with Crippen molar-refractivity contribution in [3.63, 3.8) is 0 Å². The van der Waals surface area contributed by atoms with Crippen LogP contribution in [0.1, 0.15) is 20.8 Å². The second-order valence-corrected chi connectivity index (χ2v) is 7.52. The molecule has 0 aromatic carbocycles. The number of ether oxygens (including phenoxy) is 1. The molecule has 2 heterocycles. The highest BCUT2D eigenvalue weighted by atomic mass is 32.2. The fourth-order valence-corrected chi connectivity index (χ4v) is 3.68. The molecule has 0 unspecified atom stereocenters. The fraction of sp³-hybridized carbons (Fsp3) is 0.667. The van der Waals surface area contributed by atoms with Gasteiger partial charge in [0.05, 0.1) is 6.61 Å². The summed E-state index contributed by atoms with van der Waals surface area (Å²) in [6, 6.07) is 5.78. The number of hydrogen-bond acceptors (Lipinski definition) is 6. The van der Waals surface area contributed by atoms with E-state index in [1.165, 1.54) is 6.07 Å². The maximum absolute atomic E-state index is 12.3. The predicted molar refractivity (Wildman–Crippen MR) is 90.2 cm³/mol. The average Bonchev–Trinajstić information content (AvgIpc) is 2.51. The monoisotopic (exact) mass is 342 g/mol. The molecule has 0 amide bonds. The number of rotatable bonds is 7. The Bertz CT molecular complexity index is 598. The molecular weight excluding hydrogens is 316 g/mol. The van der Waals surface area contributed by atoms with E-state index in [-0.39, 0.29) is 11.6 Å². The number of nitrogens with one attached hydrogen (secondary N) is 2. The van der Waals surface area contributed by atoms with Gasteiger partial charge in [0.2, 0.25) is 0 Å². The van der Waals surface area contributed by atoms with Crippen molar-refractivity contribution in [2.24, 2.45) is 0 Å². The van der Waals surface area contributed by atoms with Crippen molar-refractivity contribution in [2.45, 2.75) is 37.9 Å². The molecule has 2 rings (SSSR count). The molecule has 0 bridgehead atoms. The second-order valence-electron chi connectivity index (χ2n) is 5.80. The molecule has 1 aliphatic rings. The lowest BCUT2D eigenvalue weighted by molar-refractivity contribution is 0.153. The Morgan fingerprint density at radius 2 is 2.04 bits per heavy atom. The molecular formula is C15H26N4O3S. The van der Waals surface area contributed by atoms with Gasteiger partial charge in [-0.15, -0.1) is 0 Å². The summed E-state index contributed by atoms with van der Waals surface area (Å²) in [4.78, 5) is 6.46. The quantitative estimate of drug-likeness (QED) is 0.706. The minimum Gasteiger partial charge on any atom is -0.380 e. The lowest BCUT2D eigenvalue weighted by Gasteiger charge is -2.37. The van der Waals surface area contributed by atoms with Crippen molar-refractivity contribution in [3.8, 4) is 0 Å². The van der Waals surface area contributed by atoms with E-state index in [1.54, 1.807) is 6.07 Å². The standard InChI is InChI=1S/C15H26N4O3S/c1-4-22-9-8-16-23(20,21)15-7-5-6-14(18-15)19-10-12(2)17-13(3)11-19/h5-7,12-13,16-17H,4,8-11H2,1-3H3/t12-,13+. The molecule has 1 aromatic rings. The molecule has 1 aromatic heterocycles. The zero-order valence-electron chi connectivity index (χ0n) is 13.9. The van der Waals surface area contributed by atoms with E-state index in [0.717, 1.165) is 13.1 Å². The van der Waals surface area contributed by atoms with E-state index < -0.39 is 10.0 Å². The summed E-state index contributed by atoms with van der Waals surface area (Å²) in [6.45, 7) is 8.85. The Labute approximate surface area is 138 Å². The number of anilines is 1. The van der Waals surface area contributed by atoms with Crippen LogP contribution in [0.15, 0.2) is 23.2 Å². The van der Waals surface area contributed by atoms with Crippen LogP contribution in [-0.2, 0) is 14.8 Å². The van der Waals surface area contributed by atoms with Gasteiger partial charge in [-0.25, -0.2) is 18.1 Å². The Hall–Kier alpha value is -1.22. The van der Waals surface area contributed by atoms with Crippen molar-refractivity contribution >= 4 is 15.8 Å². The van der Waals surface area contributed by atoms with Crippen molar-refractivity contribution in [1.82, 2.24) is 15.0 Å². The molecule has 0 saturated carbocycles. The minimum atomic E-state index is -3.61. The van der Waals surface area contributed by atoms with Crippen LogP contribution in [-0.4, -0.2) is 58.3 Å². The van der Waals surface area contributed by atoms with E-state index in [9.17, 15) is 8.42 Å². The third-order valence-electron chi connectivity index (χ3n) is 3.61. The highest BCUT2D eigenvalue weighted by Gasteiger charge is 2.23. The summed E-state index contributed by atoms with van der Waals surface area (Å²) < 4.78 is 32.3. The van der Waals surface area contributed by atoms with Crippen LogP contribution in [0, 0.1) is 0 Å². The van der Waals surface area contributed by atoms with Crippen molar-refractivity contribution in [3.05, 3.63) is 18.2 Å². The van der Waals surface area contributed by atoms with Crippen LogP contribution in [0.4, 0.5) is 5.82 Å². The zero-order chi connectivity index (χ0) is 16.9. The van der Waals surface area contributed by atoms with Gasteiger partial charge in [0.1, 0.15) is 5.82 Å². The van der Waals surface area contributed by atoms with E-state index >= 15 is 0 Å². The van der Waals surface area contributed by atoms with Crippen molar-refractivity contribution < 1.29 is 13.2 Å². The third-order valence-corrected chi connectivity index (χ3v) is 4.97. The number of nitrogens with zero attached hydrogens (tertiary/aromatic N) is 2. The largest absolute Gasteiger partial charge is 0.380 e. The fourth-order valence-electron chi connectivity index (χ4n) is 2.71. The molecule has 23 heavy (non-hydrogen) atoms. The van der Waals surface area contributed by atoms with Crippen molar-refractivity contribution in [1.29, 1.82) is 0 Å². The highest BCUT2D eigenvalue weighted by Crippen LogP contribution is 2.17. The predicted octanol–water partition coefficient (Wildman–Crippen LogP) is 0.583. The molecule has 7 nitrogen and oxygen atoms in total. The highest BCUT2D eigenvalue weighted by molar-refractivity contribution is 7.89. The number of pyridine rings is 1. The third kappa shape index (κ3) is 5.13. The number of sulfonamides is 1. The first-order valence-electron chi connectivity index (χ1n) is 7.98. The van der Waals surface area contributed by atoms with Crippen LogP contribution in [0.5, 0.6) is 0 Å². The first kappa shape index (κ1) is 18.1. The molecule has 1 saturated heterocycles. The Balaban J connectivity index is 2.09. The first-order valence-corrected chi connectivity index (χ1v) is 9.46. The maximum atomic E-state index is 12.3. The van der Waals surface area contributed by atoms with E-state index in [0.29, 0.717) is 31.1 Å². The molecule has 1 aliphatic heterocycles. The van der Waals surface area contributed by atoms with Crippen molar-refractivity contribution in [2.75, 3.05) is 37.7 Å². The van der Waals surface area contributed by atoms with Gasteiger partial charge in [0, 0.05) is 38.3 Å². The van der Waals surface area contributed by atoms with Gasteiger partial charge in [-0.1, -0.05) is 6.07 Å². The lowest BCUT2D eigenvalue weighted by atomic mass is 10.1. The van der Waals surface area contributed by atoms with Gasteiger partial charge >= 0.3 is 0 Å². The van der Waals surface area contributed by atoms with Crippen LogP contribution in [0.2, 0.25) is 0 Å². The maximum Gasteiger partial charge on any atom is 0.258 e. The van der Waals surface area contributed by atoms with E-state index in [2.05, 4.69) is 33.8 Å². The second kappa shape index (κ2) is 8.05. The van der Waals surface area contributed by atoms with Gasteiger partial charge in [-0.3, -0.25) is 0 Å². The average molecular weight is 342 g/mol. The van der Waals surface area contributed by atoms with Gasteiger partial charge in [0.25, 0.3) is 10.0 Å². The summed E-state index contributed by atoms with van der Waals surface area (Å²) in [5, 5.41) is 3.50. The number of aromatic nitrogens is 1. The summed E-state index contributed by atoms with van der Waals surface area (Å²) >= 11 is 0. The SMILES string of the molecule is CCOCCNS(=O)(=O)c1cccc(N2C[C@@H](C)N[C@@H](C)C2)n1. The Morgan fingerprint density at radius 1 is 1.35 bits per heavy atom. The smallest absolute Gasteiger partial charge is 0.258 e. The minimum absolute atomic E-state index is 0.0466. The summed E-state index contributed by atoms with van der Waals surface area (Å²) in [7, 11) is -3.61. The van der Waals surface area contributed by atoms with Crippen LogP contribution in [0.25, 0.3) is 0 Å². The molecule has 2 N–H and O–H groups in total. The molecule has 0 radical (unpaired) electrons. The van der Waals surface area contributed by atoms with Gasteiger partial charge in [0.15, 0.2) is 5.03 Å². The number of hydrogen-bond donors (Lipinski definition) is 2. The van der Waals surface area contributed by atoms with Crippen LogP contribution in [0.3, 0.4) is 0 Å². The van der Waals surface area contributed by atoms with Crippen LogP contribution < -0.4 is 14.9 Å². The van der Waals surface area contributed by atoms with Gasteiger partial charge < -0.3 is 15.0 Å². The van der Waals surface area contributed by atoms with Gasteiger partial charge in [-0.2, -0.15) is 0 Å². The molecule has 0 aliphatic carbocycles. The van der Waals surface area contributed by atoms with Crippen LogP contribution >= 0.6 is 0 Å².